The van der Waals surface area contributed by atoms with Crippen molar-refractivity contribution in [3.8, 4) is 11.5 Å². The van der Waals surface area contributed by atoms with Crippen LogP contribution in [0.3, 0.4) is 0 Å². The molecule has 1 N–H and O–H groups in total. The second kappa shape index (κ2) is 8.37. The number of ether oxygens (including phenoxy) is 1. The number of halogens is 1. The van der Waals surface area contributed by atoms with Crippen molar-refractivity contribution in [1.29, 1.82) is 0 Å². The zero-order valence-corrected chi connectivity index (χ0v) is 16.2. The van der Waals surface area contributed by atoms with Gasteiger partial charge in [-0.05, 0) is 54.6 Å². The van der Waals surface area contributed by atoms with Crippen LogP contribution in [0.4, 0.5) is 5.69 Å². The highest BCUT2D eigenvalue weighted by Gasteiger charge is 2.10. The Labute approximate surface area is 170 Å². The highest BCUT2D eigenvalue weighted by molar-refractivity contribution is 7.99. The molecule has 1 amide bonds. The monoisotopic (exact) mass is 410 g/mol. The van der Waals surface area contributed by atoms with Gasteiger partial charge in [0.25, 0.3) is 5.22 Å². The molecule has 0 atom stereocenters. The molecule has 0 unspecified atom stereocenters. The average molecular weight is 411 g/mol. The summed E-state index contributed by atoms with van der Waals surface area (Å²) in [6, 6.07) is 21.9. The van der Waals surface area contributed by atoms with E-state index < -0.39 is 0 Å². The van der Waals surface area contributed by atoms with Gasteiger partial charge in [-0.1, -0.05) is 41.6 Å². The van der Waals surface area contributed by atoms with Crippen molar-refractivity contribution in [3.63, 3.8) is 0 Å². The Kier molecular flexibility index (Phi) is 5.50. The fraction of sp³-hybridized carbons (Fsp3) is 0.0476. The van der Waals surface area contributed by atoms with Gasteiger partial charge in [0.05, 0.1) is 5.75 Å². The molecule has 28 heavy (non-hydrogen) atoms. The fourth-order valence-corrected chi connectivity index (χ4v) is 3.30. The topological polar surface area (TPSA) is 64.4 Å². The van der Waals surface area contributed by atoms with Crippen molar-refractivity contribution in [2.24, 2.45) is 0 Å². The number of aromatic nitrogens is 1. The second-order valence-corrected chi connectivity index (χ2v) is 7.23. The van der Waals surface area contributed by atoms with Crippen LogP contribution in [0, 0.1) is 0 Å². The molecule has 1 heterocycles. The summed E-state index contributed by atoms with van der Waals surface area (Å²) in [5.41, 5.74) is 2.00. The number of nitrogens with one attached hydrogen (secondary N) is 1. The Balaban J connectivity index is 1.31. The molecular formula is C21H15ClN2O3S. The first-order valence-electron chi connectivity index (χ1n) is 8.47. The summed E-state index contributed by atoms with van der Waals surface area (Å²) in [6.45, 7) is 0. The van der Waals surface area contributed by atoms with Crippen molar-refractivity contribution >= 4 is 46.1 Å². The third-order valence-corrected chi connectivity index (χ3v) is 4.84. The van der Waals surface area contributed by atoms with Gasteiger partial charge >= 0.3 is 0 Å². The maximum atomic E-state index is 12.2. The van der Waals surface area contributed by atoms with Crippen molar-refractivity contribution in [1.82, 2.24) is 4.98 Å². The number of anilines is 1. The molecule has 0 radical (unpaired) electrons. The van der Waals surface area contributed by atoms with E-state index in [1.807, 2.05) is 30.3 Å². The largest absolute Gasteiger partial charge is 0.457 e. The molecule has 0 saturated carbocycles. The number of benzene rings is 3. The molecule has 0 fully saturated rings. The van der Waals surface area contributed by atoms with Crippen molar-refractivity contribution in [3.05, 3.63) is 77.8 Å². The second-order valence-electron chi connectivity index (χ2n) is 5.87. The van der Waals surface area contributed by atoms with Crippen LogP contribution in [0.25, 0.3) is 11.1 Å². The SMILES string of the molecule is O=C(CSc1nc2cc(Cl)ccc2o1)Nc1ccc(Oc2ccccc2)cc1. The molecule has 0 bridgehead atoms. The lowest BCUT2D eigenvalue weighted by Gasteiger charge is -2.07. The number of carbonyl (C=O) groups excluding carboxylic acids is 1. The molecule has 1 aromatic heterocycles. The lowest BCUT2D eigenvalue weighted by Crippen LogP contribution is -2.13. The van der Waals surface area contributed by atoms with E-state index in [1.165, 1.54) is 11.8 Å². The number of carbonyl (C=O) groups is 1. The maximum absolute atomic E-state index is 12.2. The molecule has 0 saturated heterocycles. The van der Waals surface area contributed by atoms with Gasteiger partial charge in [0, 0.05) is 10.7 Å². The van der Waals surface area contributed by atoms with Crippen LogP contribution in [0.2, 0.25) is 5.02 Å². The summed E-state index contributed by atoms with van der Waals surface area (Å²) in [4.78, 5) is 16.5. The van der Waals surface area contributed by atoms with Crippen LogP contribution in [0.1, 0.15) is 0 Å². The van der Waals surface area contributed by atoms with Crippen molar-refractivity contribution in [2.75, 3.05) is 11.1 Å². The minimum absolute atomic E-state index is 0.151. The number of hydrogen-bond acceptors (Lipinski definition) is 5. The Morgan fingerprint density at radius 3 is 2.57 bits per heavy atom. The van der Waals surface area contributed by atoms with Gasteiger partial charge in [-0.3, -0.25) is 4.79 Å². The quantitative estimate of drug-likeness (QED) is 0.394. The average Bonchev–Trinajstić information content (AvgIpc) is 3.11. The Morgan fingerprint density at radius 2 is 1.79 bits per heavy atom. The van der Waals surface area contributed by atoms with Crippen molar-refractivity contribution in [2.45, 2.75) is 5.22 Å². The van der Waals surface area contributed by atoms with E-state index in [9.17, 15) is 4.79 Å². The molecule has 0 aliphatic carbocycles. The first-order chi connectivity index (χ1) is 13.7. The lowest BCUT2D eigenvalue weighted by molar-refractivity contribution is -0.113. The zero-order chi connectivity index (χ0) is 19.3. The summed E-state index contributed by atoms with van der Waals surface area (Å²) in [5, 5.41) is 3.86. The van der Waals surface area contributed by atoms with E-state index in [0.717, 1.165) is 5.75 Å². The minimum Gasteiger partial charge on any atom is -0.457 e. The summed E-state index contributed by atoms with van der Waals surface area (Å²) in [7, 11) is 0. The number of thioether (sulfide) groups is 1. The first-order valence-corrected chi connectivity index (χ1v) is 9.84. The molecular weight excluding hydrogens is 396 g/mol. The third kappa shape index (κ3) is 4.65. The number of hydrogen-bond donors (Lipinski definition) is 1. The Bertz CT molecular complexity index is 1100. The Hall–Kier alpha value is -2.96. The zero-order valence-electron chi connectivity index (χ0n) is 14.6. The van der Waals surface area contributed by atoms with Gasteiger partial charge in [0.1, 0.15) is 17.0 Å². The summed E-state index contributed by atoms with van der Waals surface area (Å²) < 4.78 is 11.3. The molecule has 140 valence electrons. The molecule has 3 aromatic carbocycles. The standard InChI is InChI=1S/C21H15ClN2O3S/c22-14-6-11-19-18(12-14)24-21(27-19)28-13-20(25)23-15-7-9-17(10-8-15)26-16-4-2-1-3-5-16/h1-12H,13H2,(H,23,25). The van der Waals surface area contributed by atoms with Gasteiger partial charge in [-0.15, -0.1) is 0 Å². The van der Waals surface area contributed by atoms with Crippen LogP contribution in [0.5, 0.6) is 11.5 Å². The predicted octanol–water partition coefficient (Wildman–Crippen LogP) is 6.00. The number of amides is 1. The van der Waals surface area contributed by atoms with E-state index in [0.29, 0.717) is 32.8 Å². The van der Waals surface area contributed by atoms with Gasteiger partial charge < -0.3 is 14.5 Å². The predicted molar refractivity (Wildman–Crippen MR) is 111 cm³/mol. The highest BCUT2D eigenvalue weighted by atomic mass is 35.5. The Morgan fingerprint density at radius 1 is 1.04 bits per heavy atom. The summed E-state index contributed by atoms with van der Waals surface area (Å²) in [6.07, 6.45) is 0. The minimum atomic E-state index is -0.151. The first kappa shape index (κ1) is 18.4. The summed E-state index contributed by atoms with van der Waals surface area (Å²) in [5.74, 6) is 1.49. The van der Waals surface area contributed by atoms with E-state index in [-0.39, 0.29) is 11.7 Å². The van der Waals surface area contributed by atoms with E-state index in [1.54, 1.807) is 42.5 Å². The van der Waals surface area contributed by atoms with E-state index in [4.69, 9.17) is 20.8 Å². The van der Waals surface area contributed by atoms with E-state index in [2.05, 4.69) is 10.3 Å². The number of nitrogens with zero attached hydrogens (tertiary/aromatic N) is 1. The number of fused-ring (bicyclic) bond motifs is 1. The molecule has 0 spiro atoms. The summed E-state index contributed by atoms with van der Waals surface area (Å²) >= 11 is 7.17. The van der Waals surface area contributed by atoms with Gasteiger partial charge in [-0.2, -0.15) is 0 Å². The van der Waals surface area contributed by atoms with Crippen LogP contribution in [-0.2, 0) is 4.79 Å². The van der Waals surface area contributed by atoms with Crippen LogP contribution in [-0.4, -0.2) is 16.6 Å². The molecule has 7 heteroatoms. The lowest BCUT2D eigenvalue weighted by atomic mass is 10.3. The molecule has 4 rings (SSSR count). The molecule has 0 aliphatic rings. The maximum Gasteiger partial charge on any atom is 0.257 e. The van der Waals surface area contributed by atoms with Gasteiger partial charge in [0.15, 0.2) is 5.58 Å². The number of para-hydroxylation sites is 1. The molecule has 4 aromatic rings. The van der Waals surface area contributed by atoms with Crippen molar-refractivity contribution < 1.29 is 13.9 Å². The molecule has 5 nitrogen and oxygen atoms in total. The van der Waals surface area contributed by atoms with E-state index >= 15 is 0 Å². The molecule has 0 aliphatic heterocycles. The number of oxazole rings is 1. The van der Waals surface area contributed by atoms with Crippen LogP contribution >= 0.6 is 23.4 Å². The van der Waals surface area contributed by atoms with Crippen LogP contribution < -0.4 is 10.1 Å². The highest BCUT2D eigenvalue weighted by Crippen LogP contribution is 2.26. The van der Waals surface area contributed by atoms with Gasteiger partial charge in [0.2, 0.25) is 5.91 Å². The normalized spacial score (nSPS) is 10.8. The van der Waals surface area contributed by atoms with Crippen LogP contribution in [0.15, 0.2) is 82.4 Å². The third-order valence-electron chi connectivity index (χ3n) is 3.77. The smallest absolute Gasteiger partial charge is 0.257 e. The fourth-order valence-electron chi connectivity index (χ4n) is 2.50. The van der Waals surface area contributed by atoms with Gasteiger partial charge in [-0.25, -0.2) is 4.98 Å². The number of rotatable bonds is 6.